The molecule has 2 aromatic carbocycles. The van der Waals surface area contributed by atoms with Gasteiger partial charge >= 0.3 is 0 Å². The zero-order valence-electron chi connectivity index (χ0n) is 8.28. The molecule has 0 amide bonds. The van der Waals surface area contributed by atoms with Crippen LogP contribution in [0.2, 0.25) is 0 Å². The van der Waals surface area contributed by atoms with E-state index >= 15 is 0 Å². The molecule has 0 unspecified atom stereocenters. The van der Waals surface area contributed by atoms with Crippen LogP contribution in [0.3, 0.4) is 0 Å². The van der Waals surface area contributed by atoms with E-state index in [1.54, 1.807) is 0 Å². The van der Waals surface area contributed by atoms with Crippen molar-refractivity contribution in [1.82, 2.24) is 0 Å². The number of rotatable bonds is 1. The topological polar surface area (TPSA) is 0 Å². The molecule has 0 saturated carbocycles. The van der Waals surface area contributed by atoms with Gasteiger partial charge in [-0.2, -0.15) is 11.1 Å². The summed E-state index contributed by atoms with van der Waals surface area (Å²) >= 11 is 6.20. The van der Waals surface area contributed by atoms with Crippen LogP contribution in [0, 0.1) is 0 Å². The van der Waals surface area contributed by atoms with Crippen LogP contribution in [0.15, 0.2) is 48.5 Å². The van der Waals surface area contributed by atoms with Gasteiger partial charge in [0.1, 0.15) is 8.83 Å². The Bertz CT molecular complexity index is 462. The van der Waals surface area contributed by atoms with Crippen molar-refractivity contribution < 1.29 is 0 Å². The van der Waals surface area contributed by atoms with Crippen molar-refractivity contribution in [2.45, 2.75) is 5.54 Å². The van der Waals surface area contributed by atoms with Crippen molar-refractivity contribution in [3.8, 4) is 11.1 Å². The molecule has 0 atom stereocenters. The van der Waals surface area contributed by atoms with Crippen LogP contribution >= 0.6 is 11.1 Å². The fraction of sp³-hybridized carbons (Fsp3) is 0.0769. The van der Waals surface area contributed by atoms with Gasteiger partial charge in [-0.25, -0.2) is 0 Å². The zero-order valence-corrected chi connectivity index (χ0v) is 10.5. The summed E-state index contributed by atoms with van der Waals surface area (Å²) in [7, 11) is -0.555. The van der Waals surface area contributed by atoms with Gasteiger partial charge in [-0.1, -0.05) is 48.5 Å². The van der Waals surface area contributed by atoms with Crippen LogP contribution in [-0.4, -0.2) is 8.83 Å². The summed E-state index contributed by atoms with van der Waals surface area (Å²) in [6.07, 6.45) is 0. The maximum Gasteiger partial charge on any atom is 0.137 e. The van der Waals surface area contributed by atoms with Crippen molar-refractivity contribution >= 4 is 19.9 Å². The van der Waals surface area contributed by atoms with Crippen LogP contribution in [0.25, 0.3) is 11.1 Å². The van der Waals surface area contributed by atoms with Gasteiger partial charge in [0.05, 0.1) is 0 Å². The average Bonchev–Trinajstić information content (AvgIpc) is 2.63. The molecule has 0 fully saturated rings. The molecule has 2 heteroatoms. The highest BCUT2D eigenvalue weighted by Gasteiger charge is 2.26. The van der Waals surface area contributed by atoms with Gasteiger partial charge in [0.15, 0.2) is 0 Å². The Hall–Kier alpha value is -1.05. The first-order valence-corrected chi connectivity index (χ1v) is 8.11. The van der Waals surface area contributed by atoms with Gasteiger partial charge in [0.2, 0.25) is 0 Å². The van der Waals surface area contributed by atoms with Crippen LogP contribution < -0.4 is 0 Å². The highest BCUT2D eigenvalue weighted by Crippen LogP contribution is 2.43. The summed E-state index contributed by atoms with van der Waals surface area (Å²) in [6.45, 7) is 0. The summed E-state index contributed by atoms with van der Waals surface area (Å²) < 4.78 is 0. The second-order valence-corrected chi connectivity index (χ2v) is 5.93. The normalized spacial score (nSPS) is 14.5. The van der Waals surface area contributed by atoms with Gasteiger partial charge in [0, 0.05) is 5.54 Å². The average molecular weight is 231 g/mol. The van der Waals surface area contributed by atoms with E-state index in [2.05, 4.69) is 48.5 Å². The predicted molar refractivity (Wildman–Crippen MR) is 68.1 cm³/mol. The Kier molecular flexibility index (Phi) is 2.15. The van der Waals surface area contributed by atoms with Gasteiger partial charge in [-0.15, -0.1) is 0 Å². The maximum atomic E-state index is 6.20. The number of hydrogen-bond donors (Lipinski definition) is 0. The summed E-state index contributed by atoms with van der Waals surface area (Å²) in [5, 5.41) is 0. The Balaban J connectivity index is 2.31. The second-order valence-electron chi connectivity index (χ2n) is 3.88. The lowest BCUT2D eigenvalue weighted by Gasteiger charge is -2.07. The first-order valence-electron chi connectivity index (χ1n) is 5.16. The molecule has 0 N–H and O–H groups in total. The number of hydrogen-bond acceptors (Lipinski definition) is 0. The first-order chi connectivity index (χ1) is 7.42. The van der Waals surface area contributed by atoms with Crippen LogP contribution in [0.1, 0.15) is 16.7 Å². The molecule has 0 saturated heterocycles. The largest absolute Gasteiger partial charge is 0.175 e. The third-order valence-corrected chi connectivity index (χ3v) is 5.23. The Morgan fingerprint density at radius 2 is 1.27 bits per heavy atom. The molecule has 0 bridgehead atoms. The van der Waals surface area contributed by atoms with E-state index in [0.717, 1.165) is 0 Å². The molecule has 0 nitrogen and oxygen atoms in total. The lowest BCUT2D eigenvalue weighted by molar-refractivity contribution is 1.20. The lowest BCUT2D eigenvalue weighted by atomic mass is 10.1. The van der Waals surface area contributed by atoms with Gasteiger partial charge in [0.25, 0.3) is 0 Å². The molecular weight excluding hydrogens is 220 g/mol. The Morgan fingerprint density at radius 3 is 1.73 bits per heavy atom. The first kappa shape index (κ1) is 9.19. The van der Waals surface area contributed by atoms with Crippen LogP contribution in [0.5, 0.6) is 0 Å². The molecule has 0 spiro atoms. The molecular formula is C13H11ClSi. The molecule has 1 aliphatic rings. The highest BCUT2D eigenvalue weighted by molar-refractivity contribution is 6.94. The summed E-state index contributed by atoms with van der Waals surface area (Å²) in [6, 6.07) is 17.3. The van der Waals surface area contributed by atoms with Crippen molar-refractivity contribution in [2.75, 3.05) is 0 Å². The predicted octanol–water partition coefficient (Wildman–Crippen LogP) is 3.08. The number of fused-ring (bicyclic) bond motifs is 3. The van der Waals surface area contributed by atoms with E-state index in [0.29, 0.717) is 5.54 Å². The molecule has 15 heavy (non-hydrogen) atoms. The lowest BCUT2D eigenvalue weighted by Crippen LogP contribution is -2.00. The molecule has 0 radical (unpaired) electrons. The number of benzene rings is 2. The summed E-state index contributed by atoms with van der Waals surface area (Å²) in [5.41, 5.74) is 6.14. The molecule has 0 heterocycles. The van der Waals surface area contributed by atoms with E-state index in [4.69, 9.17) is 11.1 Å². The molecule has 0 aromatic heterocycles. The van der Waals surface area contributed by atoms with E-state index in [1.807, 2.05) is 0 Å². The minimum atomic E-state index is -0.555. The smallest absolute Gasteiger partial charge is 0.137 e. The molecule has 74 valence electrons. The minimum absolute atomic E-state index is 0.513. The highest BCUT2D eigenvalue weighted by atomic mass is 35.6. The van der Waals surface area contributed by atoms with Gasteiger partial charge in [-0.05, 0) is 22.3 Å². The summed E-state index contributed by atoms with van der Waals surface area (Å²) in [4.78, 5) is 0. The van der Waals surface area contributed by atoms with Gasteiger partial charge in [-0.3, -0.25) is 0 Å². The fourth-order valence-electron chi connectivity index (χ4n) is 2.43. The Labute approximate surface area is 96.4 Å². The number of halogens is 1. The van der Waals surface area contributed by atoms with E-state index < -0.39 is 8.83 Å². The van der Waals surface area contributed by atoms with E-state index in [9.17, 15) is 0 Å². The van der Waals surface area contributed by atoms with Crippen LogP contribution in [0.4, 0.5) is 0 Å². The molecule has 1 aliphatic carbocycles. The third-order valence-electron chi connectivity index (χ3n) is 3.12. The van der Waals surface area contributed by atoms with E-state index in [1.165, 1.54) is 22.3 Å². The van der Waals surface area contributed by atoms with Gasteiger partial charge < -0.3 is 0 Å². The quantitative estimate of drug-likeness (QED) is 0.522. The molecule has 2 aromatic rings. The van der Waals surface area contributed by atoms with Crippen LogP contribution in [-0.2, 0) is 0 Å². The third kappa shape index (κ3) is 1.27. The minimum Gasteiger partial charge on any atom is -0.175 e. The molecule has 0 aliphatic heterocycles. The van der Waals surface area contributed by atoms with Crippen molar-refractivity contribution in [2.24, 2.45) is 0 Å². The molecule has 3 rings (SSSR count). The second kappa shape index (κ2) is 3.51. The van der Waals surface area contributed by atoms with Crippen molar-refractivity contribution in [1.29, 1.82) is 0 Å². The Morgan fingerprint density at radius 1 is 0.800 bits per heavy atom. The standard InChI is InChI=1S/C13H11ClSi/c14-15-13-11-7-3-1-5-9(11)10-6-2-4-8-12(10)13/h1-8,13H,15H2. The summed E-state index contributed by atoms with van der Waals surface area (Å²) in [5.74, 6) is 0. The maximum absolute atomic E-state index is 6.20. The monoisotopic (exact) mass is 230 g/mol. The SMILES string of the molecule is Cl[SiH2]C1c2ccccc2-c2ccccc21. The zero-order chi connectivity index (χ0) is 10.3. The van der Waals surface area contributed by atoms with E-state index in [-0.39, 0.29) is 0 Å². The van der Waals surface area contributed by atoms with Crippen molar-refractivity contribution in [3.63, 3.8) is 0 Å². The fourth-order valence-corrected chi connectivity index (χ4v) is 4.47. The van der Waals surface area contributed by atoms with Crippen molar-refractivity contribution in [3.05, 3.63) is 59.7 Å².